The first-order valence-corrected chi connectivity index (χ1v) is 13.5. The number of thiocarbonyl (C=S) groups is 1. The van der Waals surface area contributed by atoms with E-state index in [0.29, 0.717) is 33.8 Å². The van der Waals surface area contributed by atoms with Crippen LogP contribution in [0, 0.1) is 0 Å². The van der Waals surface area contributed by atoms with Gasteiger partial charge in [-0.3, -0.25) is 19.8 Å². The average Bonchev–Trinajstić information content (AvgIpc) is 2.91. The van der Waals surface area contributed by atoms with Gasteiger partial charge in [-0.25, -0.2) is 0 Å². The third kappa shape index (κ3) is 5.22. The molecule has 0 aliphatic carbocycles. The van der Waals surface area contributed by atoms with Crippen molar-refractivity contribution in [2.75, 3.05) is 12.0 Å². The van der Waals surface area contributed by atoms with E-state index in [0.717, 1.165) is 20.8 Å². The number of methoxy groups -OCH3 is 1. The lowest BCUT2D eigenvalue weighted by Gasteiger charge is -2.29. The van der Waals surface area contributed by atoms with Gasteiger partial charge in [0.15, 0.2) is 16.6 Å². The minimum Gasteiger partial charge on any atom is -0.493 e. The highest BCUT2D eigenvalue weighted by Gasteiger charge is 2.34. The van der Waals surface area contributed by atoms with Crippen LogP contribution in [0.2, 0.25) is 0 Å². The molecule has 4 aromatic rings. The topological polar surface area (TPSA) is 67.9 Å². The van der Waals surface area contributed by atoms with E-state index in [2.05, 4.69) is 55.4 Å². The van der Waals surface area contributed by atoms with E-state index < -0.39 is 11.8 Å². The predicted octanol–water partition coefficient (Wildman–Crippen LogP) is 6.78. The number of ether oxygens (including phenoxy) is 2. The highest BCUT2D eigenvalue weighted by Crippen LogP contribution is 2.38. The smallest absolute Gasteiger partial charge is 0.270 e. The molecular weight excluding hydrogens is 632 g/mol. The van der Waals surface area contributed by atoms with E-state index in [4.69, 9.17) is 21.7 Å². The van der Waals surface area contributed by atoms with Crippen LogP contribution >= 0.6 is 44.1 Å². The van der Waals surface area contributed by atoms with Crippen LogP contribution < -0.4 is 19.7 Å². The Bertz CT molecular complexity index is 1610. The van der Waals surface area contributed by atoms with Crippen LogP contribution in [0.4, 0.5) is 5.69 Å². The molecule has 190 valence electrons. The summed E-state index contributed by atoms with van der Waals surface area (Å²) in [5, 5.41) is 4.87. The van der Waals surface area contributed by atoms with Crippen molar-refractivity contribution in [1.82, 2.24) is 5.32 Å². The van der Waals surface area contributed by atoms with Gasteiger partial charge >= 0.3 is 0 Å². The zero-order chi connectivity index (χ0) is 26.8. The summed E-state index contributed by atoms with van der Waals surface area (Å²) in [5.41, 5.74) is 2.11. The third-order valence-electron chi connectivity index (χ3n) is 6.00. The molecule has 1 saturated heterocycles. The molecule has 0 bridgehead atoms. The van der Waals surface area contributed by atoms with Gasteiger partial charge in [-0.1, -0.05) is 58.4 Å². The molecule has 0 unspecified atom stereocenters. The zero-order valence-electron chi connectivity index (χ0n) is 20.0. The minimum absolute atomic E-state index is 0.0235. The minimum atomic E-state index is -0.570. The predicted molar refractivity (Wildman–Crippen MR) is 159 cm³/mol. The van der Waals surface area contributed by atoms with Gasteiger partial charge in [-0.15, -0.1) is 0 Å². The number of halogens is 2. The maximum Gasteiger partial charge on any atom is 0.270 e. The molecule has 38 heavy (non-hydrogen) atoms. The Morgan fingerprint density at radius 1 is 0.974 bits per heavy atom. The molecule has 4 aromatic carbocycles. The number of amides is 2. The summed E-state index contributed by atoms with van der Waals surface area (Å²) in [6, 6.07) is 24.8. The lowest BCUT2D eigenvalue weighted by atomic mass is 10.1. The first-order chi connectivity index (χ1) is 18.4. The summed E-state index contributed by atoms with van der Waals surface area (Å²) in [6.45, 7) is 0.331. The molecule has 1 N–H and O–H groups in total. The fourth-order valence-electron chi connectivity index (χ4n) is 4.18. The molecule has 6 nitrogen and oxygen atoms in total. The number of nitrogens with one attached hydrogen (secondary N) is 1. The van der Waals surface area contributed by atoms with Crippen LogP contribution in [-0.4, -0.2) is 24.0 Å². The van der Waals surface area contributed by atoms with Gasteiger partial charge in [0.2, 0.25) is 0 Å². The Morgan fingerprint density at radius 2 is 1.71 bits per heavy atom. The van der Waals surface area contributed by atoms with E-state index >= 15 is 0 Å². The molecule has 0 aromatic heterocycles. The fourth-order valence-corrected chi connectivity index (χ4v) is 5.30. The summed E-state index contributed by atoms with van der Waals surface area (Å²) < 4.78 is 13.2. The maximum absolute atomic E-state index is 13.3. The van der Waals surface area contributed by atoms with E-state index in [9.17, 15) is 9.59 Å². The van der Waals surface area contributed by atoms with Gasteiger partial charge in [0, 0.05) is 4.47 Å². The second kappa shape index (κ2) is 11.1. The molecule has 0 spiro atoms. The average molecular weight is 652 g/mol. The highest BCUT2D eigenvalue weighted by atomic mass is 79.9. The monoisotopic (exact) mass is 650 g/mol. The van der Waals surface area contributed by atoms with Crippen molar-refractivity contribution in [2.45, 2.75) is 6.61 Å². The highest BCUT2D eigenvalue weighted by molar-refractivity contribution is 9.10. The lowest BCUT2D eigenvalue weighted by Crippen LogP contribution is -2.54. The number of benzene rings is 4. The Balaban J connectivity index is 1.44. The number of hydrogen-bond donors (Lipinski definition) is 1. The van der Waals surface area contributed by atoms with Gasteiger partial charge < -0.3 is 9.47 Å². The Labute approximate surface area is 241 Å². The molecule has 1 fully saturated rings. The number of carbonyl (C=O) groups excluding carboxylic acids is 2. The summed E-state index contributed by atoms with van der Waals surface area (Å²) in [5.74, 6) is -0.123. The Kier molecular flexibility index (Phi) is 7.60. The van der Waals surface area contributed by atoms with Crippen LogP contribution in [0.5, 0.6) is 11.5 Å². The van der Waals surface area contributed by atoms with E-state index in [1.54, 1.807) is 36.4 Å². The van der Waals surface area contributed by atoms with Crippen LogP contribution in [-0.2, 0) is 16.2 Å². The molecule has 0 saturated carbocycles. The molecule has 5 rings (SSSR count). The summed E-state index contributed by atoms with van der Waals surface area (Å²) >= 11 is 12.2. The van der Waals surface area contributed by atoms with Gasteiger partial charge in [0.25, 0.3) is 11.8 Å². The van der Waals surface area contributed by atoms with Crippen molar-refractivity contribution < 1.29 is 19.1 Å². The van der Waals surface area contributed by atoms with Crippen LogP contribution in [0.1, 0.15) is 11.1 Å². The Morgan fingerprint density at radius 3 is 2.47 bits per heavy atom. The fraction of sp³-hybridized carbons (Fsp3) is 0.0690. The maximum atomic E-state index is 13.3. The lowest BCUT2D eigenvalue weighted by molar-refractivity contribution is -0.122. The number of nitrogens with zero attached hydrogens (tertiary/aromatic N) is 1. The summed E-state index contributed by atoms with van der Waals surface area (Å²) in [4.78, 5) is 27.4. The van der Waals surface area contributed by atoms with Gasteiger partial charge in [0.1, 0.15) is 12.2 Å². The molecule has 1 heterocycles. The van der Waals surface area contributed by atoms with Crippen molar-refractivity contribution in [3.05, 3.63) is 105 Å². The number of hydrogen-bond acceptors (Lipinski definition) is 5. The van der Waals surface area contributed by atoms with Crippen molar-refractivity contribution in [3.8, 4) is 11.5 Å². The first-order valence-electron chi connectivity index (χ1n) is 11.5. The molecule has 0 atom stereocenters. The molecule has 9 heteroatoms. The SMILES string of the molecule is COc1cc(/C=C2\C(=O)NC(=S)N(c3ccc(Br)cc3)C2=O)cc(Br)c1OCc1cccc2ccccc12. The molecule has 1 aliphatic heterocycles. The number of fused-ring (bicyclic) bond motifs is 1. The molecule has 0 radical (unpaired) electrons. The number of rotatable bonds is 6. The Hall–Kier alpha value is -3.53. The van der Waals surface area contributed by atoms with Crippen molar-refractivity contribution in [3.63, 3.8) is 0 Å². The second-order valence-electron chi connectivity index (χ2n) is 8.40. The molecule has 1 aliphatic rings. The largest absolute Gasteiger partial charge is 0.493 e. The van der Waals surface area contributed by atoms with Gasteiger partial charge in [-0.2, -0.15) is 0 Å². The molecule has 2 amide bonds. The van der Waals surface area contributed by atoms with E-state index in [-0.39, 0.29) is 10.7 Å². The van der Waals surface area contributed by atoms with Crippen molar-refractivity contribution in [2.24, 2.45) is 0 Å². The van der Waals surface area contributed by atoms with E-state index in [1.165, 1.54) is 18.1 Å². The summed E-state index contributed by atoms with van der Waals surface area (Å²) in [6.07, 6.45) is 1.51. The summed E-state index contributed by atoms with van der Waals surface area (Å²) in [7, 11) is 1.54. The standard InChI is InChI=1S/C29H20Br2N2O4S/c1-36-25-15-17(13-23-27(34)32-29(38)33(28(23)35)21-11-9-20(30)10-12-21)14-24(31)26(25)37-16-19-7-4-6-18-5-2-3-8-22(18)19/h2-15H,16H2,1H3,(H,32,34,38)/b23-13+. The number of anilines is 1. The third-order valence-corrected chi connectivity index (χ3v) is 7.40. The van der Waals surface area contributed by atoms with Gasteiger partial charge in [-0.05, 0) is 92.5 Å². The first kappa shape index (κ1) is 26.1. The quantitative estimate of drug-likeness (QED) is 0.141. The van der Waals surface area contributed by atoms with Crippen LogP contribution in [0.15, 0.2) is 93.4 Å². The van der Waals surface area contributed by atoms with Crippen molar-refractivity contribution in [1.29, 1.82) is 0 Å². The molecular formula is C29H20Br2N2O4S. The zero-order valence-corrected chi connectivity index (χ0v) is 24.0. The normalized spacial score (nSPS) is 14.7. The van der Waals surface area contributed by atoms with E-state index in [1.807, 2.05) is 24.3 Å². The second-order valence-corrected chi connectivity index (χ2v) is 10.6. The van der Waals surface area contributed by atoms with Crippen molar-refractivity contribution >= 4 is 83.5 Å². The number of carbonyl (C=O) groups is 2. The van der Waals surface area contributed by atoms with Crippen LogP contribution in [0.3, 0.4) is 0 Å². The van der Waals surface area contributed by atoms with Gasteiger partial charge in [0.05, 0.1) is 17.3 Å². The van der Waals surface area contributed by atoms with Crippen LogP contribution in [0.25, 0.3) is 16.8 Å².